The third-order valence-corrected chi connectivity index (χ3v) is 1.06. The van der Waals surface area contributed by atoms with Crippen LogP contribution in [-0.4, -0.2) is 5.88 Å². The second-order valence-corrected chi connectivity index (χ2v) is 2.06. The fourth-order valence-corrected chi connectivity index (χ4v) is 0.552. The van der Waals surface area contributed by atoms with Gasteiger partial charge in [-0.25, -0.2) is 0 Å². The van der Waals surface area contributed by atoms with E-state index in [2.05, 4.69) is 0 Å². The molecule has 0 radical (unpaired) electrons. The Labute approximate surface area is 58.3 Å². The van der Waals surface area contributed by atoms with Crippen LogP contribution in [-0.2, 0) is 0 Å². The summed E-state index contributed by atoms with van der Waals surface area (Å²) >= 11 is 10.2. The number of alkyl halides is 1. The van der Waals surface area contributed by atoms with E-state index in [-0.39, 0.29) is 0 Å². The van der Waals surface area contributed by atoms with Crippen LogP contribution in [0.15, 0.2) is 11.4 Å². The summed E-state index contributed by atoms with van der Waals surface area (Å²) < 4.78 is 11.6. The zero-order valence-corrected chi connectivity index (χ0v) is 5.84. The van der Waals surface area contributed by atoms with Crippen molar-refractivity contribution in [2.75, 3.05) is 5.88 Å². The average molecular weight is 157 g/mol. The molecule has 0 saturated carbocycles. The highest BCUT2D eigenvalue weighted by Gasteiger charge is 1.83. The Morgan fingerprint density at radius 2 is 2.25 bits per heavy atom. The molecule has 0 amide bonds. The Hall–Kier alpha value is 0.250. The van der Waals surface area contributed by atoms with E-state index in [4.69, 9.17) is 23.2 Å². The van der Waals surface area contributed by atoms with Crippen molar-refractivity contribution < 1.29 is 4.39 Å². The first-order valence-corrected chi connectivity index (χ1v) is 3.25. The minimum Gasteiger partial charge on any atom is -0.194 e. The lowest BCUT2D eigenvalue weighted by Crippen LogP contribution is -1.70. The summed E-state index contributed by atoms with van der Waals surface area (Å²) in [5.41, 5.74) is 0. The molecular formula is C5H7Cl2F. The number of halogens is 3. The first-order valence-electron chi connectivity index (χ1n) is 2.34. The summed E-state index contributed by atoms with van der Waals surface area (Å²) in [5.74, 6) is 0.556. The minimum absolute atomic E-state index is 0.556. The molecule has 0 atom stereocenters. The molecule has 0 unspecified atom stereocenters. The maximum absolute atomic E-state index is 11.6. The fourth-order valence-electron chi connectivity index (χ4n) is 0.288. The summed E-state index contributed by atoms with van der Waals surface area (Å²) in [4.78, 5) is 0. The summed E-state index contributed by atoms with van der Waals surface area (Å²) in [6.07, 6.45) is 2.71. The predicted molar refractivity (Wildman–Crippen MR) is 35.0 cm³/mol. The van der Waals surface area contributed by atoms with Gasteiger partial charge in [0, 0.05) is 5.88 Å². The van der Waals surface area contributed by atoms with E-state index in [9.17, 15) is 4.39 Å². The molecule has 48 valence electrons. The largest absolute Gasteiger partial charge is 0.194 e. The molecule has 8 heavy (non-hydrogen) atoms. The molecule has 0 fully saturated rings. The maximum Gasteiger partial charge on any atom is 0.185 e. The highest BCUT2D eigenvalue weighted by atomic mass is 35.5. The first kappa shape index (κ1) is 8.25. The fraction of sp³-hybridized carbons (Fsp3) is 0.600. The second kappa shape index (κ2) is 5.39. The Balaban J connectivity index is 3.03. The molecule has 0 aromatic heterocycles. The zero-order chi connectivity index (χ0) is 6.41. The Morgan fingerprint density at radius 1 is 1.62 bits per heavy atom. The number of rotatable bonds is 3. The van der Waals surface area contributed by atoms with E-state index in [1.807, 2.05) is 0 Å². The van der Waals surface area contributed by atoms with Gasteiger partial charge in [0.05, 0.1) is 0 Å². The van der Waals surface area contributed by atoms with Gasteiger partial charge in [0.15, 0.2) is 5.29 Å². The Kier molecular flexibility index (Phi) is 5.56. The Bertz CT molecular complexity index is 76.5. The predicted octanol–water partition coefficient (Wildman–Crippen LogP) is 3.06. The molecule has 0 N–H and O–H groups in total. The lowest BCUT2D eigenvalue weighted by atomic mass is 10.3. The van der Waals surface area contributed by atoms with E-state index in [1.54, 1.807) is 0 Å². The van der Waals surface area contributed by atoms with E-state index in [1.165, 1.54) is 6.08 Å². The van der Waals surface area contributed by atoms with Gasteiger partial charge in [-0.2, -0.15) is 4.39 Å². The van der Waals surface area contributed by atoms with E-state index < -0.39 is 5.29 Å². The number of hydrogen-bond donors (Lipinski definition) is 0. The van der Waals surface area contributed by atoms with E-state index in [0.29, 0.717) is 12.3 Å². The van der Waals surface area contributed by atoms with E-state index in [0.717, 1.165) is 6.42 Å². The van der Waals surface area contributed by atoms with Crippen molar-refractivity contribution in [3.05, 3.63) is 11.4 Å². The number of hydrogen-bond acceptors (Lipinski definition) is 0. The molecule has 0 aromatic rings. The van der Waals surface area contributed by atoms with Gasteiger partial charge in [-0.15, -0.1) is 11.6 Å². The van der Waals surface area contributed by atoms with Crippen molar-refractivity contribution in [1.29, 1.82) is 0 Å². The number of allylic oxidation sites excluding steroid dienone is 1. The highest BCUT2D eigenvalue weighted by molar-refractivity contribution is 6.28. The molecule has 0 aliphatic carbocycles. The van der Waals surface area contributed by atoms with Crippen LogP contribution in [0.1, 0.15) is 12.8 Å². The third kappa shape index (κ3) is 6.25. The first-order chi connectivity index (χ1) is 3.77. The number of unbranched alkanes of at least 4 members (excludes halogenated alkanes) is 1. The molecule has 0 nitrogen and oxygen atoms in total. The quantitative estimate of drug-likeness (QED) is 0.436. The molecule has 0 aliphatic rings. The molecular weight excluding hydrogens is 150 g/mol. The van der Waals surface area contributed by atoms with Gasteiger partial charge >= 0.3 is 0 Å². The van der Waals surface area contributed by atoms with Crippen molar-refractivity contribution in [3.8, 4) is 0 Å². The topological polar surface area (TPSA) is 0 Å². The molecule has 0 spiro atoms. The van der Waals surface area contributed by atoms with Crippen LogP contribution in [0, 0.1) is 0 Å². The van der Waals surface area contributed by atoms with Gasteiger partial charge in [0.2, 0.25) is 0 Å². The molecule has 0 saturated heterocycles. The van der Waals surface area contributed by atoms with Crippen LogP contribution in [0.25, 0.3) is 0 Å². The van der Waals surface area contributed by atoms with Crippen molar-refractivity contribution in [1.82, 2.24) is 0 Å². The van der Waals surface area contributed by atoms with Crippen molar-refractivity contribution in [2.24, 2.45) is 0 Å². The molecule has 0 aromatic carbocycles. The maximum atomic E-state index is 11.6. The Morgan fingerprint density at radius 3 is 2.62 bits per heavy atom. The van der Waals surface area contributed by atoms with Crippen molar-refractivity contribution in [2.45, 2.75) is 12.8 Å². The molecule has 0 bridgehead atoms. The SMILES string of the molecule is F/C(Cl)=C\CCCCl. The molecule has 0 heterocycles. The van der Waals surface area contributed by atoms with Gasteiger partial charge in [0.1, 0.15) is 0 Å². The summed E-state index contributed by atoms with van der Waals surface area (Å²) in [5, 5.41) is -0.643. The monoisotopic (exact) mass is 156 g/mol. The standard InChI is InChI=1S/C5H7Cl2F/c6-4-2-1-3-5(7)8/h3H,1-2,4H2/b5-3-. The van der Waals surface area contributed by atoms with Crippen LogP contribution < -0.4 is 0 Å². The van der Waals surface area contributed by atoms with Crippen molar-refractivity contribution >= 4 is 23.2 Å². The molecule has 0 aliphatic heterocycles. The van der Waals surface area contributed by atoms with Crippen LogP contribution in [0.5, 0.6) is 0 Å². The lowest BCUT2D eigenvalue weighted by Gasteiger charge is -1.84. The van der Waals surface area contributed by atoms with Crippen LogP contribution >= 0.6 is 23.2 Å². The lowest BCUT2D eigenvalue weighted by molar-refractivity contribution is 0.686. The summed E-state index contributed by atoms with van der Waals surface area (Å²) in [6.45, 7) is 0. The summed E-state index contributed by atoms with van der Waals surface area (Å²) in [6, 6.07) is 0. The summed E-state index contributed by atoms with van der Waals surface area (Å²) in [7, 11) is 0. The van der Waals surface area contributed by atoms with Gasteiger partial charge in [-0.1, -0.05) is 11.6 Å². The molecule has 0 rings (SSSR count). The van der Waals surface area contributed by atoms with Crippen LogP contribution in [0.4, 0.5) is 4.39 Å². The minimum atomic E-state index is -0.643. The normalized spacial score (nSPS) is 12.1. The zero-order valence-electron chi connectivity index (χ0n) is 4.33. The van der Waals surface area contributed by atoms with Gasteiger partial charge in [-0.3, -0.25) is 0 Å². The average Bonchev–Trinajstić information content (AvgIpc) is 1.66. The van der Waals surface area contributed by atoms with Crippen LogP contribution in [0.3, 0.4) is 0 Å². The molecule has 3 heteroatoms. The smallest absolute Gasteiger partial charge is 0.185 e. The third-order valence-electron chi connectivity index (χ3n) is 0.636. The van der Waals surface area contributed by atoms with Gasteiger partial charge in [-0.05, 0) is 18.9 Å². The van der Waals surface area contributed by atoms with Crippen LogP contribution in [0.2, 0.25) is 0 Å². The van der Waals surface area contributed by atoms with E-state index >= 15 is 0 Å². The second-order valence-electron chi connectivity index (χ2n) is 1.32. The van der Waals surface area contributed by atoms with Crippen molar-refractivity contribution in [3.63, 3.8) is 0 Å². The highest BCUT2D eigenvalue weighted by Crippen LogP contribution is 2.04. The van der Waals surface area contributed by atoms with Gasteiger partial charge < -0.3 is 0 Å². The van der Waals surface area contributed by atoms with Gasteiger partial charge in [0.25, 0.3) is 0 Å².